The molecule has 1 aliphatic heterocycles. The number of hydrogen-bond acceptors (Lipinski definition) is 2. The quantitative estimate of drug-likeness (QED) is 0.516. The molecule has 4 rings (SSSR count). The van der Waals surface area contributed by atoms with E-state index >= 15 is 0 Å². The maximum Gasteiger partial charge on any atom is 0.188 e. The van der Waals surface area contributed by atoms with Crippen molar-refractivity contribution in [3.05, 3.63) is 105 Å². The lowest BCUT2D eigenvalue weighted by molar-refractivity contribution is -0.731. The Balaban J connectivity index is 1.79. The SMILES string of the molecule is Cc1ccc(C2=CC(c3cc(Br)ccc3O)[NH2+]C(c3ccccc3Cl)N2)cc1. The Morgan fingerprint density at radius 3 is 2.50 bits per heavy atom. The second-order valence-electron chi connectivity index (χ2n) is 7.01. The molecule has 4 N–H and O–H groups in total. The summed E-state index contributed by atoms with van der Waals surface area (Å²) in [6, 6.07) is 21.8. The smallest absolute Gasteiger partial charge is 0.188 e. The van der Waals surface area contributed by atoms with Crippen molar-refractivity contribution in [3.8, 4) is 5.75 Å². The topological polar surface area (TPSA) is 48.9 Å². The van der Waals surface area contributed by atoms with Gasteiger partial charge in [-0.25, -0.2) is 0 Å². The highest BCUT2D eigenvalue weighted by Gasteiger charge is 2.30. The zero-order valence-electron chi connectivity index (χ0n) is 15.4. The lowest BCUT2D eigenvalue weighted by atomic mass is 9.97. The van der Waals surface area contributed by atoms with Crippen LogP contribution in [0.25, 0.3) is 5.70 Å². The number of hydrogen-bond donors (Lipinski definition) is 3. The Kier molecular flexibility index (Phi) is 5.44. The molecule has 0 fully saturated rings. The van der Waals surface area contributed by atoms with Crippen molar-refractivity contribution in [1.82, 2.24) is 5.32 Å². The van der Waals surface area contributed by atoms with E-state index in [1.54, 1.807) is 6.07 Å². The van der Waals surface area contributed by atoms with E-state index < -0.39 is 0 Å². The zero-order valence-corrected chi connectivity index (χ0v) is 17.7. The molecule has 0 bridgehead atoms. The maximum atomic E-state index is 10.5. The van der Waals surface area contributed by atoms with Gasteiger partial charge < -0.3 is 15.7 Å². The minimum atomic E-state index is -0.0709. The number of nitrogens with two attached hydrogens (primary N) is 1. The average Bonchev–Trinajstić information content (AvgIpc) is 2.70. The molecule has 1 aliphatic rings. The van der Waals surface area contributed by atoms with Gasteiger partial charge in [0.2, 0.25) is 0 Å². The van der Waals surface area contributed by atoms with Gasteiger partial charge in [0.1, 0.15) is 11.8 Å². The van der Waals surface area contributed by atoms with Crippen LogP contribution in [0.2, 0.25) is 5.02 Å². The maximum absolute atomic E-state index is 10.5. The lowest BCUT2D eigenvalue weighted by Gasteiger charge is -2.30. The van der Waals surface area contributed by atoms with Gasteiger partial charge in [-0.1, -0.05) is 69.5 Å². The number of phenols is 1. The average molecular weight is 457 g/mol. The molecule has 0 spiro atoms. The highest BCUT2D eigenvalue weighted by atomic mass is 79.9. The van der Waals surface area contributed by atoms with Gasteiger partial charge in [-0.2, -0.15) is 0 Å². The van der Waals surface area contributed by atoms with Gasteiger partial charge >= 0.3 is 0 Å². The molecule has 0 aliphatic carbocycles. The number of aromatic hydroxyl groups is 1. The minimum absolute atomic E-state index is 0.0590. The molecule has 3 aromatic rings. The third kappa shape index (κ3) is 3.95. The molecular weight excluding hydrogens is 436 g/mol. The van der Waals surface area contributed by atoms with Crippen LogP contribution in [0.4, 0.5) is 0 Å². The van der Waals surface area contributed by atoms with E-state index in [0.29, 0.717) is 0 Å². The van der Waals surface area contributed by atoms with E-state index in [1.165, 1.54) is 5.56 Å². The second kappa shape index (κ2) is 8.00. The molecule has 3 nitrogen and oxygen atoms in total. The highest BCUT2D eigenvalue weighted by molar-refractivity contribution is 9.10. The minimum Gasteiger partial charge on any atom is -0.507 e. The predicted molar refractivity (Wildman–Crippen MR) is 117 cm³/mol. The molecule has 0 aromatic heterocycles. The van der Waals surface area contributed by atoms with E-state index in [9.17, 15) is 5.11 Å². The first-order chi connectivity index (χ1) is 13.5. The summed E-state index contributed by atoms with van der Waals surface area (Å²) in [5.74, 6) is 0.281. The largest absolute Gasteiger partial charge is 0.507 e. The normalized spacial score (nSPS) is 19.0. The summed E-state index contributed by atoms with van der Waals surface area (Å²) in [5.41, 5.74) is 5.22. The van der Waals surface area contributed by atoms with Crippen LogP contribution >= 0.6 is 27.5 Å². The van der Waals surface area contributed by atoms with E-state index in [1.807, 2.05) is 36.4 Å². The van der Waals surface area contributed by atoms with Gasteiger partial charge in [0, 0.05) is 21.8 Å². The van der Waals surface area contributed by atoms with Crippen molar-refractivity contribution in [3.63, 3.8) is 0 Å². The first kappa shape index (κ1) is 19.1. The van der Waals surface area contributed by atoms with Crippen molar-refractivity contribution < 1.29 is 10.4 Å². The molecule has 2 atom stereocenters. The zero-order chi connectivity index (χ0) is 19.7. The first-order valence-corrected chi connectivity index (χ1v) is 10.3. The molecule has 0 radical (unpaired) electrons. The van der Waals surface area contributed by atoms with Gasteiger partial charge in [-0.15, -0.1) is 0 Å². The molecule has 5 heteroatoms. The number of nitrogens with one attached hydrogen (secondary N) is 1. The molecule has 28 heavy (non-hydrogen) atoms. The molecule has 142 valence electrons. The number of rotatable bonds is 3. The van der Waals surface area contributed by atoms with Crippen LogP contribution in [-0.4, -0.2) is 5.11 Å². The molecular formula is C23H21BrClN2O+. The predicted octanol–water partition coefficient (Wildman–Crippen LogP) is 5.06. The van der Waals surface area contributed by atoms with E-state index in [2.05, 4.69) is 63.8 Å². The summed E-state index contributed by atoms with van der Waals surface area (Å²) in [6.45, 7) is 2.08. The summed E-state index contributed by atoms with van der Waals surface area (Å²) >= 11 is 10.0. The fraction of sp³-hybridized carbons (Fsp3) is 0.130. The molecule has 2 unspecified atom stereocenters. The number of quaternary nitrogens is 1. The Hall–Kier alpha value is -2.27. The van der Waals surface area contributed by atoms with Crippen LogP contribution in [0.3, 0.4) is 0 Å². The third-order valence-corrected chi connectivity index (χ3v) is 5.85. The van der Waals surface area contributed by atoms with Gasteiger partial charge in [0.15, 0.2) is 6.17 Å². The van der Waals surface area contributed by atoms with Crippen LogP contribution in [0.1, 0.15) is 34.5 Å². The Morgan fingerprint density at radius 1 is 1.00 bits per heavy atom. The van der Waals surface area contributed by atoms with E-state index in [4.69, 9.17) is 11.6 Å². The standard InChI is InChI=1S/C23H20BrClN2O/c1-14-6-8-15(9-7-14)20-13-21(18-12-16(24)10-11-22(18)28)27-23(26-20)17-4-2-3-5-19(17)25/h2-13,21,23,26-28H,1H3/p+1. The Bertz CT molecular complexity index is 1030. The fourth-order valence-electron chi connectivity index (χ4n) is 3.51. The fourth-order valence-corrected chi connectivity index (χ4v) is 4.15. The summed E-state index contributed by atoms with van der Waals surface area (Å²) in [6.07, 6.45) is 2.08. The van der Waals surface area contributed by atoms with Crippen molar-refractivity contribution in [2.75, 3.05) is 0 Å². The second-order valence-corrected chi connectivity index (χ2v) is 8.33. The lowest BCUT2D eigenvalue weighted by Crippen LogP contribution is -2.89. The van der Waals surface area contributed by atoms with Crippen LogP contribution in [0.5, 0.6) is 5.75 Å². The molecule has 0 saturated carbocycles. The van der Waals surface area contributed by atoms with Gasteiger partial charge in [-0.3, -0.25) is 0 Å². The number of aryl methyl sites for hydroxylation is 1. The third-order valence-electron chi connectivity index (χ3n) is 5.01. The summed E-state index contributed by atoms with van der Waals surface area (Å²) < 4.78 is 0.937. The van der Waals surface area contributed by atoms with Gasteiger partial charge in [0.25, 0.3) is 0 Å². The van der Waals surface area contributed by atoms with E-state index in [0.717, 1.165) is 31.9 Å². The summed E-state index contributed by atoms with van der Waals surface area (Å²) in [5, 5.41) is 17.0. The van der Waals surface area contributed by atoms with Crippen molar-refractivity contribution in [1.29, 1.82) is 0 Å². The van der Waals surface area contributed by atoms with Crippen molar-refractivity contribution >= 4 is 33.2 Å². The van der Waals surface area contributed by atoms with Crippen LogP contribution in [0.15, 0.2) is 77.3 Å². The number of phenolic OH excluding ortho intramolecular Hbond substituents is 1. The van der Waals surface area contributed by atoms with Crippen molar-refractivity contribution in [2.24, 2.45) is 0 Å². The monoisotopic (exact) mass is 455 g/mol. The van der Waals surface area contributed by atoms with Crippen LogP contribution < -0.4 is 10.6 Å². The van der Waals surface area contributed by atoms with Crippen LogP contribution in [-0.2, 0) is 0 Å². The number of benzene rings is 3. The molecule has 0 saturated heterocycles. The summed E-state index contributed by atoms with van der Waals surface area (Å²) in [4.78, 5) is 0. The Labute approximate surface area is 178 Å². The Morgan fingerprint density at radius 2 is 1.75 bits per heavy atom. The van der Waals surface area contributed by atoms with Crippen molar-refractivity contribution in [2.45, 2.75) is 19.1 Å². The molecule has 3 aromatic carbocycles. The first-order valence-electron chi connectivity index (χ1n) is 9.14. The van der Waals surface area contributed by atoms with Gasteiger partial charge in [0.05, 0.1) is 10.6 Å². The highest BCUT2D eigenvalue weighted by Crippen LogP contribution is 2.32. The molecule has 0 amide bonds. The summed E-state index contributed by atoms with van der Waals surface area (Å²) in [7, 11) is 0. The van der Waals surface area contributed by atoms with E-state index in [-0.39, 0.29) is 18.0 Å². The number of halogens is 2. The molecule has 1 heterocycles. The van der Waals surface area contributed by atoms with Gasteiger partial charge in [-0.05, 0) is 42.8 Å². The van der Waals surface area contributed by atoms with Crippen LogP contribution in [0, 0.1) is 6.92 Å².